The molecule has 0 spiro atoms. The number of allylic oxidation sites excluding steroid dienone is 1. The van der Waals surface area contributed by atoms with Crippen LogP contribution in [0.25, 0.3) is 0 Å². The van der Waals surface area contributed by atoms with E-state index < -0.39 is 12.0 Å². The monoisotopic (exact) mass is 289 g/mol. The number of carboxylic acids is 1. The van der Waals surface area contributed by atoms with Gasteiger partial charge in [0, 0.05) is 12.3 Å². The van der Waals surface area contributed by atoms with E-state index in [2.05, 4.69) is 11.9 Å². The Bertz CT molecular complexity index is 484. The Hall–Kier alpha value is -2.10. The van der Waals surface area contributed by atoms with Crippen LogP contribution in [0, 0.1) is 5.92 Å². The molecule has 0 saturated heterocycles. The Balaban J connectivity index is 2.70. The Morgan fingerprint density at radius 2 is 1.95 bits per heavy atom. The lowest BCUT2D eigenvalue weighted by molar-refractivity contribution is -0.143. The number of carbonyl (C=O) groups excluding carboxylic acids is 1. The van der Waals surface area contributed by atoms with Crippen LogP contribution in [0.3, 0.4) is 0 Å². The fourth-order valence-electron chi connectivity index (χ4n) is 2.15. The minimum Gasteiger partial charge on any atom is -0.480 e. The van der Waals surface area contributed by atoms with Crippen molar-refractivity contribution in [3.05, 3.63) is 48.6 Å². The van der Waals surface area contributed by atoms with Gasteiger partial charge in [0.1, 0.15) is 6.04 Å². The molecule has 1 rings (SSSR count). The zero-order valence-electron chi connectivity index (χ0n) is 12.6. The van der Waals surface area contributed by atoms with Gasteiger partial charge in [-0.15, -0.1) is 6.58 Å². The molecule has 0 aliphatic rings. The first kappa shape index (κ1) is 17.0. The maximum atomic E-state index is 12.1. The Kier molecular flexibility index (Phi) is 6.66. The van der Waals surface area contributed by atoms with E-state index in [9.17, 15) is 14.7 Å². The zero-order chi connectivity index (χ0) is 15.8. The molecule has 1 amide bonds. The fourth-order valence-corrected chi connectivity index (χ4v) is 2.15. The molecule has 0 aliphatic carbocycles. The summed E-state index contributed by atoms with van der Waals surface area (Å²) in [4.78, 5) is 23.3. The molecule has 1 aromatic carbocycles. The summed E-state index contributed by atoms with van der Waals surface area (Å²) in [6.07, 6.45) is 2.61. The van der Waals surface area contributed by atoms with E-state index in [-0.39, 0.29) is 24.2 Å². The molecule has 3 atom stereocenters. The number of hydrogen-bond donors (Lipinski definition) is 2. The van der Waals surface area contributed by atoms with Crippen LogP contribution in [0.4, 0.5) is 0 Å². The number of hydrogen-bond acceptors (Lipinski definition) is 2. The van der Waals surface area contributed by atoms with Gasteiger partial charge in [-0.25, -0.2) is 4.79 Å². The summed E-state index contributed by atoms with van der Waals surface area (Å²) < 4.78 is 0. The predicted octanol–water partition coefficient (Wildman–Crippen LogP) is 2.96. The quantitative estimate of drug-likeness (QED) is 0.723. The highest BCUT2D eigenvalue weighted by Gasteiger charge is 2.26. The average molecular weight is 289 g/mol. The van der Waals surface area contributed by atoms with E-state index in [4.69, 9.17) is 0 Å². The molecule has 1 aromatic rings. The van der Waals surface area contributed by atoms with Crippen molar-refractivity contribution in [1.29, 1.82) is 0 Å². The van der Waals surface area contributed by atoms with Crippen molar-refractivity contribution in [3.8, 4) is 0 Å². The molecule has 2 N–H and O–H groups in total. The lowest BCUT2D eigenvalue weighted by Gasteiger charge is -2.21. The van der Waals surface area contributed by atoms with E-state index in [1.807, 2.05) is 44.2 Å². The third kappa shape index (κ3) is 5.06. The number of amides is 1. The van der Waals surface area contributed by atoms with Gasteiger partial charge in [-0.1, -0.05) is 56.7 Å². The van der Waals surface area contributed by atoms with Gasteiger partial charge in [-0.2, -0.15) is 0 Å². The van der Waals surface area contributed by atoms with Crippen molar-refractivity contribution in [2.45, 2.75) is 38.6 Å². The fraction of sp³-hybridized carbons (Fsp3) is 0.412. The molecule has 0 heterocycles. The maximum absolute atomic E-state index is 12.1. The largest absolute Gasteiger partial charge is 0.480 e. The van der Waals surface area contributed by atoms with Gasteiger partial charge >= 0.3 is 5.97 Å². The number of carboxylic acid groups (broad SMARTS) is 1. The number of nitrogens with one attached hydrogen (secondary N) is 1. The third-order valence-corrected chi connectivity index (χ3v) is 3.71. The smallest absolute Gasteiger partial charge is 0.326 e. The average Bonchev–Trinajstić information content (AvgIpc) is 2.50. The summed E-state index contributed by atoms with van der Waals surface area (Å²) in [5.41, 5.74) is 0.998. The number of aliphatic carboxylic acids is 1. The summed E-state index contributed by atoms with van der Waals surface area (Å²) in [6.45, 7) is 7.49. The van der Waals surface area contributed by atoms with Crippen molar-refractivity contribution < 1.29 is 14.7 Å². The topological polar surface area (TPSA) is 66.4 Å². The summed E-state index contributed by atoms with van der Waals surface area (Å²) in [5, 5.41) is 11.8. The summed E-state index contributed by atoms with van der Waals surface area (Å²) >= 11 is 0. The van der Waals surface area contributed by atoms with E-state index in [0.29, 0.717) is 6.42 Å². The molecule has 0 bridgehead atoms. The first-order chi connectivity index (χ1) is 9.99. The number of carbonyl (C=O) groups is 2. The Morgan fingerprint density at radius 1 is 1.33 bits per heavy atom. The van der Waals surface area contributed by atoms with Crippen molar-refractivity contribution in [2.75, 3.05) is 0 Å². The van der Waals surface area contributed by atoms with Gasteiger partial charge < -0.3 is 10.4 Å². The van der Waals surface area contributed by atoms with Crippen LogP contribution in [-0.4, -0.2) is 23.0 Å². The summed E-state index contributed by atoms with van der Waals surface area (Å²) in [7, 11) is 0. The molecule has 0 aromatic heterocycles. The minimum atomic E-state index is -0.993. The molecule has 0 saturated carbocycles. The van der Waals surface area contributed by atoms with Crippen molar-refractivity contribution in [3.63, 3.8) is 0 Å². The van der Waals surface area contributed by atoms with Gasteiger partial charge in [0.2, 0.25) is 5.91 Å². The summed E-state index contributed by atoms with van der Waals surface area (Å²) in [5.74, 6) is -1.48. The molecular weight excluding hydrogens is 266 g/mol. The second-order valence-corrected chi connectivity index (χ2v) is 5.23. The minimum absolute atomic E-state index is 0.106. The second kappa shape index (κ2) is 8.25. The SMILES string of the molecule is C=CC(CC(=O)NC(C(=O)O)C(C)CC)c1ccccc1. The first-order valence-electron chi connectivity index (χ1n) is 7.19. The predicted molar refractivity (Wildman–Crippen MR) is 83.0 cm³/mol. The van der Waals surface area contributed by atoms with Crippen LogP contribution in [0.5, 0.6) is 0 Å². The van der Waals surface area contributed by atoms with E-state index >= 15 is 0 Å². The third-order valence-electron chi connectivity index (χ3n) is 3.71. The van der Waals surface area contributed by atoms with Crippen LogP contribution in [0.1, 0.15) is 38.2 Å². The highest BCUT2D eigenvalue weighted by atomic mass is 16.4. The highest BCUT2D eigenvalue weighted by Crippen LogP contribution is 2.20. The normalized spacial score (nSPS) is 14.8. The molecule has 4 nitrogen and oxygen atoms in total. The van der Waals surface area contributed by atoms with E-state index in [1.165, 1.54) is 0 Å². The molecular formula is C17H23NO3. The number of benzene rings is 1. The van der Waals surface area contributed by atoms with Gasteiger partial charge in [0.25, 0.3) is 0 Å². The van der Waals surface area contributed by atoms with E-state index in [0.717, 1.165) is 5.56 Å². The highest BCUT2D eigenvalue weighted by molar-refractivity contribution is 5.84. The lowest BCUT2D eigenvalue weighted by atomic mass is 9.94. The summed E-state index contributed by atoms with van der Waals surface area (Å²) in [6, 6.07) is 8.74. The Labute approximate surface area is 125 Å². The van der Waals surface area contributed by atoms with Crippen LogP contribution < -0.4 is 5.32 Å². The molecule has 114 valence electrons. The lowest BCUT2D eigenvalue weighted by Crippen LogP contribution is -2.45. The standard InChI is InChI=1S/C17H23NO3/c1-4-12(3)16(17(20)21)18-15(19)11-13(5-2)14-9-7-6-8-10-14/h5-10,12-13,16H,2,4,11H2,1,3H3,(H,18,19)(H,20,21). The van der Waals surface area contributed by atoms with Crippen LogP contribution >= 0.6 is 0 Å². The van der Waals surface area contributed by atoms with Gasteiger partial charge in [-0.3, -0.25) is 4.79 Å². The van der Waals surface area contributed by atoms with Crippen LogP contribution in [-0.2, 0) is 9.59 Å². The molecule has 0 radical (unpaired) electrons. The van der Waals surface area contributed by atoms with Crippen LogP contribution in [0.2, 0.25) is 0 Å². The Morgan fingerprint density at radius 3 is 2.43 bits per heavy atom. The molecule has 0 aliphatic heterocycles. The molecule has 0 fully saturated rings. The maximum Gasteiger partial charge on any atom is 0.326 e. The van der Waals surface area contributed by atoms with E-state index in [1.54, 1.807) is 6.08 Å². The molecule has 3 unspecified atom stereocenters. The van der Waals surface area contributed by atoms with Crippen molar-refractivity contribution in [2.24, 2.45) is 5.92 Å². The number of rotatable bonds is 8. The van der Waals surface area contributed by atoms with Crippen LogP contribution in [0.15, 0.2) is 43.0 Å². The van der Waals surface area contributed by atoms with Crippen molar-refractivity contribution in [1.82, 2.24) is 5.32 Å². The van der Waals surface area contributed by atoms with Gasteiger partial charge in [0.05, 0.1) is 0 Å². The van der Waals surface area contributed by atoms with Gasteiger partial charge in [-0.05, 0) is 11.5 Å². The molecule has 4 heteroatoms. The van der Waals surface area contributed by atoms with Crippen molar-refractivity contribution >= 4 is 11.9 Å². The molecule has 21 heavy (non-hydrogen) atoms. The first-order valence-corrected chi connectivity index (χ1v) is 7.19. The zero-order valence-corrected chi connectivity index (χ0v) is 12.6. The second-order valence-electron chi connectivity index (χ2n) is 5.23. The van der Waals surface area contributed by atoms with Gasteiger partial charge in [0.15, 0.2) is 0 Å².